The fraction of sp³-hybridized carbons (Fsp3) is 0.909. The van der Waals surface area contributed by atoms with Crippen molar-refractivity contribution in [3.05, 3.63) is 0 Å². The van der Waals surface area contributed by atoms with E-state index in [4.69, 9.17) is 10.5 Å². The summed E-state index contributed by atoms with van der Waals surface area (Å²) in [6, 6.07) is 0. The molecule has 0 aromatic rings. The normalized spacial score (nSPS) is 11.9. The van der Waals surface area contributed by atoms with Crippen LogP contribution >= 0.6 is 0 Å². The molecule has 0 aliphatic heterocycles. The van der Waals surface area contributed by atoms with E-state index in [2.05, 4.69) is 4.90 Å². The molecule has 2 N–H and O–H groups in total. The highest BCUT2D eigenvalue weighted by Gasteiger charge is 2.15. The molecule has 4 heteroatoms. The second kappa shape index (κ2) is 6.80. The van der Waals surface area contributed by atoms with Gasteiger partial charge < -0.3 is 15.4 Å². The number of ether oxygens (including phenoxy) is 1. The van der Waals surface area contributed by atoms with Crippen LogP contribution in [0.15, 0.2) is 0 Å². The summed E-state index contributed by atoms with van der Waals surface area (Å²) in [5.74, 6) is -0.122. The predicted octanol–water partition coefficient (Wildman–Crippen LogP) is 0.999. The molecule has 0 radical (unpaired) electrons. The van der Waals surface area contributed by atoms with E-state index in [0.29, 0.717) is 13.0 Å². The number of likely N-dealkylation sites (N-methyl/N-ethyl adjacent to an activating group) is 1. The summed E-state index contributed by atoms with van der Waals surface area (Å²) in [7, 11) is 2.00. The molecule has 0 heterocycles. The van der Waals surface area contributed by atoms with Crippen molar-refractivity contribution in [3.63, 3.8) is 0 Å². The second-order valence-corrected chi connectivity index (χ2v) is 4.78. The Morgan fingerprint density at radius 1 is 1.33 bits per heavy atom. The zero-order valence-corrected chi connectivity index (χ0v) is 10.4. The molecule has 0 fully saturated rings. The Labute approximate surface area is 92.8 Å². The minimum absolute atomic E-state index is 0.122. The number of nitrogens with two attached hydrogens (primary N) is 1. The number of nitrogens with zero attached hydrogens (tertiary/aromatic N) is 1. The van der Waals surface area contributed by atoms with Gasteiger partial charge >= 0.3 is 5.97 Å². The standard InChI is InChI=1S/C11H24N2O2/c1-11(2,3)15-10(14)6-5-8-13(4)9-7-12/h5-9,12H2,1-4H3. The SMILES string of the molecule is CN(CCN)CCCC(=O)OC(C)(C)C. The summed E-state index contributed by atoms with van der Waals surface area (Å²) in [6.45, 7) is 8.05. The number of hydrogen-bond acceptors (Lipinski definition) is 4. The van der Waals surface area contributed by atoms with Crippen molar-refractivity contribution in [1.29, 1.82) is 0 Å². The van der Waals surface area contributed by atoms with E-state index in [1.54, 1.807) is 0 Å². The molecule has 0 bridgehead atoms. The quantitative estimate of drug-likeness (QED) is 0.673. The molecule has 0 aliphatic rings. The van der Waals surface area contributed by atoms with Crippen LogP contribution in [-0.2, 0) is 9.53 Å². The van der Waals surface area contributed by atoms with Crippen molar-refractivity contribution in [1.82, 2.24) is 4.90 Å². The lowest BCUT2D eigenvalue weighted by Crippen LogP contribution is -2.28. The highest BCUT2D eigenvalue weighted by Crippen LogP contribution is 2.09. The molecule has 0 aromatic carbocycles. The zero-order valence-electron chi connectivity index (χ0n) is 10.4. The number of carbonyl (C=O) groups is 1. The number of esters is 1. The molecule has 0 saturated heterocycles. The summed E-state index contributed by atoms with van der Waals surface area (Å²) in [5.41, 5.74) is 5.04. The van der Waals surface area contributed by atoms with Gasteiger partial charge in [-0.15, -0.1) is 0 Å². The average Bonchev–Trinajstić information content (AvgIpc) is 2.00. The Kier molecular flexibility index (Phi) is 6.52. The third-order valence-electron chi connectivity index (χ3n) is 1.85. The minimum atomic E-state index is -0.375. The molecule has 4 nitrogen and oxygen atoms in total. The van der Waals surface area contributed by atoms with E-state index >= 15 is 0 Å². The van der Waals surface area contributed by atoms with E-state index < -0.39 is 0 Å². The van der Waals surface area contributed by atoms with Crippen molar-refractivity contribution in [3.8, 4) is 0 Å². The van der Waals surface area contributed by atoms with E-state index in [9.17, 15) is 4.79 Å². The van der Waals surface area contributed by atoms with Crippen LogP contribution in [0.4, 0.5) is 0 Å². The number of hydrogen-bond donors (Lipinski definition) is 1. The second-order valence-electron chi connectivity index (χ2n) is 4.78. The molecule has 0 atom stereocenters. The van der Waals surface area contributed by atoms with Crippen molar-refractivity contribution in [2.45, 2.75) is 39.2 Å². The third kappa shape index (κ3) is 9.69. The maximum absolute atomic E-state index is 11.3. The first-order valence-electron chi connectivity index (χ1n) is 5.45. The van der Waals surface area contributed by atoms with E-state index in [-0.39, 0.29) is 11.6 Å². The molecule has 0 aliphatic carbocycles. The molecular formula is C11H24N2O2. The van der Waals surface area contributed by atoms with Crippen molar-refractivity contribution >= 4 is 5.97 Å². The van der Waals surface area contributed by atoms with Crippen LogP contribution in [0.2, 0.25) is 0 Å². The van der Waals surface area contributed by atoms with Crippen LogP contribution in [0.5, 0.6) is 0 Å². The van der Waals surface area contributed by atoms with Crippen LogP contribution in [-0.4, -0.2) is 43.2 Å². The van der Waals surface area contributed by atoms with Gasteiger partial charge in [0.15, 0.2) is 0 Å². The van der Waals surface area contributed by atoms with Gasteiger partial charge in [0, 0.05) is 19.5 Å². The highest BCUT2D eigenvalue weighted by atomic mass is 16.6. The van der Waals surface area contributed by atoms with Gasteiger partial charge in [0.05, 0.1) is 0 Å². The van der Waals surface area contributed by atoms with E-state index in [0.717, 1.165) is 19.5 Å². The van der Waals surface area contributed by atoms with Gasteiger partial charge in [0.25, 0.3) is 0 Å². The summed E-state index contributed by atoms with van der Waals surface area (Å²) >= 11 is 0. The highest BCUT2D eigenvalue weighted by molar-refractivity contribution is 5.69. The molecule has 0 saturated carbocycles. The summed E-state index contributed by atoms with van der Waals surface area (Å²) in [4.78, 5) is 13.4. The summed E-state index contributed by atoms with van der Waals surface area (Å²) in [5, 5.41) is 0. The van der Waals surface area contributed by atoms with Crippen molar-refractivity contribution in [2.75, 3.05) is 26.7 Å². The minimum Gasteiger partial charge on any atom is -0.460 e. The number of rotatable bonds is 6. The first-order chi connectivity index (χ1) is 6.85. The van der Waals surface area contributed by atoms with Crippen LogP contribution in [0.1, 0.15) is 33.6 Å². The van der Waals surface area contributed by atoms with Gasteiger partial charge in [0.2, 0.25) is 0 Å². The van der Waals surface area contributed by atoms with Gasteiger partial charge in [-0.05, 0) is 40.8 Å². The van der Waals surface area contributed by atoms with Crippen LogP contribution < -0.4 is 5.73 Å². The monoisotopic (exact) mass is 216 g/mol. The molecule has 0 amide bonds. The molecule has 0 rings (SSSR count). The molecule has 0 aromatic heterocycles. The van der Waals surface area contributed by atoms with E-state index in [1.165, 1.54) is 0 Å². The Bertz CT molecular complexity index is 188. The van der Waals surface area contributed by atoms with Gasteiger partial charge in [0.1, 0.15) is 5.60 Å². The van der Waals surface area contributed by atoms with Gasteiger partial charge in [-0.25, -0.2) is 0 Å². The molecule has 90 valence electrons. The smallest absolute Gasteiger partial charge is 0.306 e. The fourth-order valence-electron chi connectivity index (χ4n) is 1.22. The third-order valence-corrected chi connectivity index (χ3v) is 1.85. The van der Waals surface area contributed by atoms with Crippen LogP contribution in [0, 0.1) is 0 Å². The number of carbonyl (C=O) groups excluding carboxylic acids is 1. The zero-order chi connectivity index (χ0) is 11.9. The maximum atomic E-state index is 11.3. The van der Waals surface area contributed by atoms with Gasteiger partial charge in [-0.1, -0.05) is 0 Å². The molecule has 15 heavy (non-hydrogen) atoms. The van der Waals surface area contributed by atoms with Crippen molar-refractivity contribution < 1.29 is 9.53 Å². The fourth-order valence-corrected chi connectivity index (χ4v) is 1.22. The van der Waals surface area contributed by atoms with Gasteiger partial charge in [-0.3, -0.25) is 4.79 Å². The van der Waals surface area contributed by atoms with Crippen LogP contribution in [0.25, 0.3) is 0 Å². The van der Waals surface area contributed by atoms with E-state index in [1.807, 2.05) is 27.8 Å². The lowest BCUT2D eigenvalue weighted by molar-refractivity contribution is -0.154. The largest absolute Gasteiger partial charge is 0.460 e. The maximum Gasteiger partial charge on any atom is 0.306 e. The summed E-state index contributed by atoms with van der Waals surface area (Å²) < 4.78 is 5.20. The molecular weight excluding hydrogens is 192 g/mol. The predicted molar refractivity (Wildman–Crippen MR) is 61.6 cm³/mol. The topological polar surface area (TPSA) is 55.6 Å². The Balaban J connectivity index is 3.55. The average molecular weight is 216 g/mol. The first kappa shape index (κ1) is 14.4. The Hall–Kier alpha value is -0.610. The molecule has 0 spiro atoms. The Morgan fingerprint density at radius 3 is 2.40 bits per heavy atom. The first-order valence-corrected chi connectivity index (χ1v) is 5.45. The van der Waals surface area contributed by atoms with Gasteiger partial charge in [-0.2, -0.15) is 0 Å². The Morgan fingerprint density at radius 2 is 1.93 bits per heavy atom. The molecule has 0 unspecified atom stereocenters. The van der Waals surface area contributed by atoms with Crippen molar-refractivity contribution in [2.24, 2.45) is 5.73 Å². The van der Waals surface area contributed by atoms with Crippen LogP contribution in [0.3, 0.4) is 0 Å². The lowest BCUT2D eigenvalue weighted by Gasteiger charge is -2.20. The summed E-state index contributed by atoms with van der Waals surface area (Å²) in [6.07, 6.45) is 1.30. The lowest BCUT2D eigenvalue weighted by atomic mass is 10.2.